The van der Waals surface area contributed by atoms with E-state index >= 15 is 0 Å². The molecule has 0 aliphatic heterocycles. The summed E-state index contributed by atoms with van der Waals surface area (Å²) in [7, 11) is 0. The van der Waals surface area contributed by atoms with Crippen molar-refractivity contribution in [3.63, 3.8) is 0 Å². The summed E-state index contributed by atoms with van der Waals surface area (Å²) in [5, 5.41) is 1.92. The van der Waals surface area contributed by atoms with Gasteiger partial charge in [0, 0.05) is 5.92 Å². The van der Waals surface area contributed by atoms with Crippen LogP contribution in [0, 0.1) is 5.92 Å². The molecular formula is C6H11NO2S. The molecule has 1 N–H and O–H groups in total. The predicted molar refractivity (Wildman–Crippen MR) is 41.9 cm³/mol. The van der Waals surface area contributed by atoms with Crippen LogP contribution in [0.4, 0.5) is 4.79 Å². The lowest BCUT2D eigenvalue weighted by Gasteiger charge is -2.02. The van der Waals surface area contributed by atoms with Gasteiger partial charge in [-0.1, -0.05) is 25.6 Å². The molecule has 0 aliphatic carbocycles. The summed E-state index contributed by atoms with van der Waals surface area (Å²) in [5.74, 6) is -0.351. The largest absolute Gasteiger partial charge is 0.287 e. The highest BCUT2D eigenvalue weighted by molar-refractivity contribution is 8.13. The van der Waals surface area contributed by atoms with Crippen molar-refractivity contribution in [3.05, 3.63) is 0 Å². The van der Waals surface area contributed by atoms with E-state index in [1.807, 2.05) is 0 Å². The Labute approximate surface area is 64.6 Å². The molecule has 10 heavy (non-hydrogen) atoms. The minimum atomic E-state index is -0.293. The Kier molecular flexibility index (Phi) is 4.11. The topological polar surface area (TPSA) is 46.2 Å². The fourth-order valence-electron chi connectivity index (χ4n) is 0.296. The van der Waals surface area contributed by atoms with Gasteiger partial charge in [0.05, 0.1) is 0 Å². The lowest BCUT2D eigenvalue weighted by Crippen LogP contribution is -2.30. The number of imide groups is 1. The van der Waals surface area contributed by atoms with E-state index in [9.17, 15) is 9.59 Å². The van der Waals surface area contributed by atoms with Gasteiger partial charge in [0.25, 0.3) is 5.24 Å². The molecular weight excluding hydrogens is 150 g/mol. The molecule has 0 unspecified atom stereocenters. The minimum Gasteiger partial charge on any atom is -0.287 e. The lowest BCUT2D eigenvalue weighted by molar-refractivity contribution is -0.122. The van der Waals surface area contributed by atoms with E-state index < -0.39 is 0 Å². The first-order chi connectivity index (χ1) is 4.57. The number of hydrogen-bond donors (Lipinski definition) is 1. The van der Waals surface area contributed by atoms with E-state index in [1.54, 1.807) is 20.1 Å². The Morgan fingerprint density at radius 1 is 1.40 bits per heavy atom. The van der Waals surface area contributed by atoms with Crippen LogP contribution in [0.1, 0.15) is 13.8 Å². The Hall–Kier alpha value is -0.510. The predicted octanol–water partition coefficient (Wildman–Crippen LogP) is 1.24. The Balaban J connectivity index is 3.69. The van der Waals surface area contributed by atoms with Crippen molar-refractivity contribution in [1.29, 1.82) is 0 Å². The molecule has 0 aromatic carbocycles. The van der Waals surface area contributed by atoms with Crippen LogP contribution in [0.2, 0.25) is 0 Å². The second-order valence-electron chi connectivity index (χ2n) is 2.14. The minimum absolute atomic E-state index is 0.129. The molecule has 0 rings (SSSR count). The van der Waals surface area contributed by atoms with Gasteiger partial charge in [-0.3, -0.25) is 14.9 Å². The first kappa shape index (κ1) is 9.49. The molecule has 0 bridgehead atoms. The highest BCUT2D eigenvalue weighted by Gasteiger charge is 2.09. The normalized spacial score (nSPS) is 9.60. The highest BCUT2D eigenvalue weighted by Crippen LogP contribution is 1.96. The quantitative estimate of drug-likeness (QED) is 0.629. The molecule has 0 aromatic heterocycles. The number of carbonyl (C=O) groups is 2. The maximum Gasteiger partial charge on any atom is 0.285 e. The zero-order valence-corrected chi connectivity index (χ0v) is 7.12. The summed E-state index contributed by atoms with van der Waals surface area (Å²) < 4.78 is 0. The van der Waals surface area contributed by atoms with E-state index in [2.05, 4.69) is 5.32 Å². The van der Waals surface area contributed by atoms with Crippen molar-refractivity contribution in [2.75, 3.05) is 6.26 Å². The van der Waals surface area contributed by atoms with Gasteiger partial charge < -0.3 is 0 Å². The number of rotatable bonds is 1. The van der Waals surface area contributed by atoms with Gasteiger partial charge in [-0.15, -0.1) is 0 Å². The van der Waals surface area contributed by atoms with Crippen LogP contribution >= 0.6 is 11.8 Å². The molecule has 58 valence electrons. The smallest absolute Gasteiger partial charge is 0.285 e. The third-order valence-electron chi connectivity index (χ3n) is 0.935. The zero-order valence-electron chi connectivity index (χ0n) is 6.30. The summed E-state index contributed by atoms with van der Waals surface area (Å²) in [6.45, 7) is 3.48. The first-order valence-electron chi connectivity index (χ1n) is 2.96. The molecule has 0 saturated heterocycles. The van der Waals surface area contributed by atoms with Crippen molar-refractivity contribution in [3.8, 4) is 0 Å². The van der Waals surface area contributed by atoms with Gasteiger partial charge >= 0.3 is 0 Å². The molecule has 2 amide bonds. The van der Waals surface area contributed by atoms with Crippen molar-refractivity contribution >= 4 is 22.9 Å². The average molecular weight is 161 g/mol. The van der Waals surface area contributed by atoms with Crippen molar-refractivity contribution in [1.82, 2.24) is 5.32 Å². The van der Waals surface area contributed by atoms with Crippen LogP contribution in [0.25, 0.3) is 0 Å². The van der Waals surface area contributed by atoms with E-state index in [0.717, 1.165) is 11.8 Å². The van der Waals surface area contributed by atoms with E-state index in [-0.39, 0.29) is 17.1 Å². The van der Waals surface area contributed by atoms with Crippen molar-refractivity contribution in [2.45, 2.75) is 13.8 Å². The molecule has 0 radical (unpaired) electrons. The standard InChI is InChI=1S/C6H11NO2S/c1-4(2)5(8)7-6(9)10-3/h4H,1-3H3,(H,7,8,9). The third-order valence-corrected chi connectivity index (χ3v) is 1.41. The Bertz CT molecular complexity index is 145. The van der Waals surface area contributed by atoms with Gasteiger partial charge in [-0.05, 0) is 6.26 Å². The van der Waals surface area contributed by atoms with E-state index in [1.165, 1.54) is 0 Å². The molecule has 0 spiro atoms. The summed E-state index contributed by atoms with van der Waals surface area (Å²) in [5.41, 5.74) is 0. The molecule has 4 heteroatoms. The number of nitrogens with one attached hydrogen (secondary N) is 1. The fraction of sp³-hybridized carbons (Fsp3) is 0.667. The van der Waals surface area contributed by atoms with Crippen LogP contribution in [-0.4, -0.2) is 17.4 Å². The van der Waals surface area contributed by atoms with Crippen LogP contribution in [0.15, 0.2) is 0 Å². The van der Waals surface area contributed by atoms with Gasteiger partial charge in [0.2, 0.25) is 5.91 Å². The zero-order chi connectivity index (χ0) is 8.15. The second-order valence-corrected chi connectivity index (χ2v) is 2.91. The highest BCUT2D eigenvalue weighted by atomic mass is 32.2. The fourth-order valence-corrected chi connectivity index (χ4v) is 0.499. The molecule has 0 saturated carbocycles. The van der Waals surface area contributed by atoms with Crippen molar-refractivity contribution in [2.24, 2.45) is 5.92 Å². The van der Waals surface area contributed by atoms with Gasteiger partial charge in [-0.25, -0.2) is 0 Å². The summed E-state index contributed by atoms with van der Waals surface area (Å²) in [6.07, 6.45) is 1.63. The van der Waals surface area contributed by atoms with E-state index in [0.29, 0.717) is 0 Å². The van der Waals surface area contributed by atoms with Gasteiger partial charge in [0.1, 0.15) is 0 Å². The summed E-state index contributed by atoms with van der Waals surface area (Å²) in [6, 6.07) is 0. The lowest BCUT2D eigenvalue weighted by atomic mass is 10.2. The second kappa shape index (κ2) is 4.33. The van der Waals surface area contributed by atoms with Crippen LogP contribution in [0.5, 0.6) is 0 Å². The van der Waals surface area contributed by atoms with E-state index in [4.69, 9.17) is 0 Å². The first-order valence-corrected chi connectivity index (χ1v) is 4.19. The monoisotopic (exact) mass is 161 g/mol. The van der Waals surface area contributed by atoms with Crippen LogP contribution in [-0.2, 0) is 4.79 Å². The SMILES string of the molecule is CSC(=O)NC(=O)C(C)C. The maximum absolute atomic E-state index is 10.8. The molecule has 0 heterocycles. The van der Waals surface area contributed by atoms with Gasteiger partial charge in [-0.2, -0.15) is 0 Å². The molecule has 0 atom stereocenters. The maximum atomic E-state index is 10.8. The number of thioether (sulfide) groups is 1. The summed E-state index contributed by atoms with van der Waals surface area (Å²) in [4.78, 5) is 21.3. The van der Waals surface area contributed by atoms with Gasteiger partial charge in [0.15, 0.2) is 0 Å². The Morgan fingerprint density at radius 2 is 1.90 bits per heavy atom. The van der Waals surface area contributed by atoms with Crippen LogP contribution < -0.4 is 5.32 Å². The molecule has 0 aliphatic rings. The Morgan fingerprint density at radius 3 is 2.20 bits per heavy atom. The number of carbonyl (C=O) groups excluding carboxylic acids is 2. The summed E-state index contributed by atoms with van der Waals surface area (Å²) >= 11 is 1.000. The molecule has 0 fully saturated rings. The number of amides is 2. The van der Waals surface area contributed by atoms with Crippen LogP contribution in [0.3, 0.4) is 0 Å². The third kappa shape index (κ3) is 3.50. The average Bonchev–Trinajstić information content (AvgIpc) is 1.87. The molecule has 3 nitrogen and oxygen atoms in total. The molecule has 0 aromatic rings. The van der Waals surface area contributed by atoms with Crippen molar-refractivity contribution < 1.29 is 9.59 Å². The number of hydrogen-bond acceptors (Lipinski definition) is 3.